The number of carbonyl (C=O) groups excluding carboxylic acids is 2. The summed E-state index contributed by atoms with van der Waals surface area (Å²) < 4.78 is 5.68. The van der Waals surface area contributed by atoms with E-state index in [2.05, 4.69) is 10.2 Å². The number of carbonyl (C=O) groups is 2. The molecule has 1 N–H and O–H groups in total. The first-order valence-corrected chi connectivity index (χ1v) is 12.4. The van der Waals surface area contributed by atoms with Crippen LogP contribution in [0, 0.1) is 10.1 Å². The highest BCUT2D eigenvalue weighted by molar-refractivity contribution is 6.33. The lowest BCUT2D eigenvalue weighted by Gasteiger charge is -2.36. The average Bonchev–Trinajstić information content (AvgIpc) is 3.37. The van der Waals surface area contributed by atoms with Crippen molar-refractivity contribution in [3.63, 3.8) is 0 Å². The highest BCUT2D eigenvalue weighted by atomic mass is 35.5. The number of para-hydroxylation sites is 1. The Morgan fingerprint density at radius 1 is 1.11 bits per heavy atom. The Labute approximate surface area is 219 Å². The summed E-state index contributed by atoms with van der Waals surface area (Å²) in [4.78, 5) is 39.4. The van der Waals surface area contributed by atoms with Gasteiger partial charge in [-0.3, -0.25) is 19.7 Å². The quantitative estimate of drug-likeness (QED) is 0.234. The minimum Gasteiger partial charge on any atom is -0.456 e. The summed E-state index contributed by atoms with van der Waals surface area (Å²) >= 11 is 6.51. The average molecular weight is 523 g/mol. The smallest absolute Gasteiger partial charge is 0.280 e. The molecule has 2 aromatic carbocycles. The van der Waals surface area contributed by atoms with Gasteiger partial charge in [0, 0.05) is 50.4 Å². The fourth-order valence-corrected chi connectivity index (χ4v) is 4.48. The molecule has 0 aliphatic carbocycles. The molecule has 192 valence electrons. The standard InChI is InChI=1S/C27H27ClN4O5/c1-2-5-27(34)31-16-14-30(15-17-31)24-11-8-19(18-22(24)28)29-26(33)13-10-20-9-12-25(37-20)21-6-3-4-7-23(21)32(35)36/h3-4,6-13,18H,2,5,14-17H2,1H3,(H,29,33)/b13-10+. The highest BCUT2D eigenvalue weighted by Crippen LogP contribution is 2.32. The minimum atomic E-state index is -0.467. The van der Waals surface area contributed by atoms with Gasteiger partial charge < -0.3 is 19.5 Å². The van der Waals surface area contributed by atoms with Gasteiger partial charge in [-0.05, 0) is 48.9 Å². The van der Waals surface area contributed by atoms with Crippen molar-refractivity contribution >= 4 is 46.6 Å². The van der Waals surface area contributed by atoms with E-state index in [1.807, 2.05) is 17.9 Å². The summed E-state index contributed by atoms with van der Waals surface area (Å²) in [6.07, 6.45) is 4.22. The van der Waals surface area contributed by atoms with Crippen LogP contribution < -0.4 is 10.2 Å². The maximum Gasteiger partial charge on any atom is 0.280 e. The third-order valence-corrected chi connectivity index (χ3v) is 6.35. The summed E-state index contributed by atoms with van der Waals surface area (Å²) in [5, 5.41) is 14.5. The fraction of sp³-hybridized carbons (Fsp3) is 0.259. The van der Waals surface area contributed by atoms with Gasteiger partial charge in [0.15, 0.2) is 0 Å². The topological polar surface area (TPSA) is 109 Å². The zero-order valence-corrected chi connectivity index (χ0v) is 21.1. The molecule has 1 saturated heterocycles. The predicted molar refractivity (Wildman–Crippen MR) is 144 cm³/mol. The molecule has 0 bridgehead atoms. The fourth-order valence-electron chi connectivity index (χ4n) is 4.18. The second kappa shape index (κ2) is 11.7. The molecule has 4 rings (SSSR count). The lowest BCUT2D eigenvalue weighted by atomic mass is 10.1. The van der Waals surface area contributed by atoms with Gasteiger partial charge >= 0.3 is 0 Å². The monoisotopic (exact) mass is 522 g/mol. The predicted octanol–water partition coefficient (Wildman–Crippen LogP) is 5.61. The molecule has 1 aliphatic rings. The van der Waals surface area contributed by atoms with Crippen molar-refractivity contribution in [3.8, 4) is 11.3 Å². The van der Waals surface area contributed by atoms with Crippen LogP contribution in [0.2, 0.25) is 5.02 Å². The lowest BCUT2D eigenvalue weighted by Crippen LogP contribution is -2.48. The van der Waals surface area contributed by atoms with Crippen molar-refractivity contribution in [2.24, 2.45) is 0 Å². The molecule has 2 amide bonds. The molecule has 3 aromatic rings. The van der Waals surface area contributed by atoms with Crippen molar-refractivity contribution in [1.82, 2.24) is 4.90 Å². The van der Waals surface area contributed by atoms with E-state index in [0.717, 1.165) is 12.1 Å². The van der Waals surface area contributed by atoms with E-state index < -0.39 is 4.92 Å². The summed E-state index contributed by atoms with van der Waals surface area (Å²) in [7, 11) is 0. The van der Waals surface area contributed by atoms with Gasteiger partial charge in [-0.25, -0.2) is 0 Å². The van der Waals surface area contributed by atoms with Crippen LogP contribution in [0.25, 0.3) is 17.4 Å². The van der Waals surface area contributed by atoms with E-state index in [1.54, 1.807) is 42.5 Å². The van der Waals surface area contributed by atoms with Crippen molar-refractivity contribution in [2.45, 2.75) is 19.8 Å². The first-order chi connectivity index (χ1) is 17.9. The maximum atomic E-state index is 12.4. The van der Waals surface area contributed by atoms with Crippen LogP contribution in [-0.4, -0.2) is 47.8 Å². The lowest BCUT2D eigenvalue weighted by molar-refractivity contribution is -0.384. The van der Waals surface area contributed by atoms with Crippen molar-refractivity contribution in [2.75, 3.05) is 36.4 Å². The summed E-state index contributed by atoms with van der Waals surface area (Å²) in [6.45, 7) is 4.70. The van der Waals surface area contributed by atoms with E-state index in [9.17, 15) is 19.7 Å². The van der Waals surface area contributed by atoms with Gasteiger partial charge in [0.05, 0.1) is 21.2 Å². The van der Waals surface area contributed by atoms with Crippen molar-refractivity contribution in [1.29, 1.82) is 0 Å². The molecule has 0 saturated carbocycles. The number of hydrogen-bond donors (Lipinski definition) is 1. The highest BCUT2D eigenvalue weighted by Gasteiger charge is 2.22. The van der Waals surface area contributed by atoms with E-state index in [0.29, 0.717) is 60.4 Å². The molecule has 1 aliphatic heterocycles. The van der Waals surface area contributed by atoms with Gasteiger partial charge in [-0.1, -0.05) is 30.7 Å². The number of hydrogen-bond acceptors (Lipinski definition) is 6. The SMILES string of the molecule is CCCC(=O)N1CCN(c2ccc(NC(=O)/C=C/c3ccc(-c4ccccc4[N+](=O)[O-])o3)cc2Cl)CC1. The number of anilines is 2. The van der Waals surface area contributed by atoms with Gasteiger partial charge in [-0.15, -0.1) is 0 Å². The summed E-state index contributed by atoms with van der Waals surface area (Å²) in [6, 6.07) is 14.9. The third-order valence-electron chi connectivity index (χ3n) is 6.04. The van der Waals surface area contributed by atoms with E-state index in [1.165, 1.54) is 18.2 Å². The van der Waals surface area contributed by atoms with Gasteiger partial charge in [0.2, 0.25) is 11.8 Å². The minimum absolute atomic E-state index is 0.0580. The van der Waals surface area contributed by atoms with Crippen LogP contribution in [0.1, 0.15) is 25.5 Å². The Bertz CT molecular complexity index is 1330. The number of piperazine rings is 1. The molecule has 0 atom stereocenters. The van der Waals surface area contributed by atoms with E-state index in [4.69, 9.17) is 16.0 Å². The molecule has 9 nitrogen and oxygen atoms in total. The molecule has 1 fully saturated rings. The summed E-state index contributed by atoms with van der Waals surface area (Å²) in [5.41, 5.74) is 1.70. The number of furan rings is 1. The molecule has 0 spiro atoms. The van der Waals surface area contributed by atoms with Gasteiger partial charge in [-0.2, -0.15) is 0 Å². The van der Waals surface area contributed by atoms with Crippen molar-refractivity contribution in [3.05, 3.63) is 81.6 Å². The van der Waals surface area contributed by atoms with Crippen LogP contribution in [0.4, 0.5) is 17.1 Å². The molecule has 37 heavy (non-hydrogen) atoms. The molecule has 2 heterocycles. The molecule has 10 heteroatoms. The Balaban J connectivity index is 1.35. The number of nitro groups is 1. The number of benzene rings is 2. The van der Waals surface area contributed by atoms with Crippen LogP contribution >= 0.6 is 11.6 Å². The second-order valence-electron chi connectivity index (χ2n) is 8.58. The van der Waals surface area contributed by atoms with Crippen LogP contribution in [0.5, 0.6) is 0 Å². The Hall–Kier alpha value is -4.11. The van der Waals surface area contributed by atoms with E-state index in [-0.39, 0.29) is 17.5 Å². The molecule has 0 unspecified atom stereocenters. The van der Waals surface area contributed by atoms with Crippen LogP contribution in [0.15, 0.2) is 65.1 Å². The van der Waals surface area contributed by atoms with E-state index >= 15 is 0 Å². The summed E-state index contributed by atoms with van der Waals surface area (Å²) in [5.74, 6) is 0.528. The number of nitro benzene ring substituents is 1. The molecule has 1 aromatic heterocycles. The Morgan fingerprint density at radius 3 is 2.57 bits per heavy atom. The number of amides is 2. The largest absolute Gasteiger partial charge is 0.456 e. The molecule has 0 radical (unpaired) electrons. The van der Waals surface area contributed by atoms with Gasteiger partial charge in [0.1, 0.15) is 11.5 Å². The Kier molecular flexibility index (Phi) is 8.25. The molecular formula is C27H27ClN4O5. The number of halogens is 1. The second-order valence-corrected chi connectivity index (χ2v) is 8.99. The van der Waals surface area contributed by atoms with Crippen LogP contribution in [0.3, 0.4) is 0 Å². The zero-order chi connectivity index (χ0) is 26.4. The molecular weight excluding hydrogens is 496 g/mol. The normalized spacial score (nSPS) is 13.7. The van der Waals surface area contributed by atoms with Crippen LogP contribution in [-0.2, 0) is 9.59 Å². The number of nitrogens with zero attached hydrogens (tertiary/aromatic N) is 3. The number of nitrogens with one attached hydrogen (secondary N) is 1. The first kappa shape index (κ1) is 26.0. The maximum absolute atomic E-state index is 12.4. The zero-order valence-electron chi connectivity index (χ0n) is 20.4. The van der Waals surface area contributed by atoms with Crippen molar-refractivity contribution < 1.29 is 18.9 Å². The number of rotatable bonds is 8. The Morgan fingerprint density at radius 2 is 1.86 bits per heavy atom. The van der Waals surface area contributed by atoms with Gasteiger partial charge in [0.25, 0.3) is 5.69 Å². The third kappa shape index (κ3) is 6.37. The first-order valence-electron chi connectivity index (χ1n) is 12.0.